The summed E-state index contributed by atoms with van der Waals surface area (Å²) in [6.45, 7) is 0. The predicted octanol–water partition coefficient (Wildman–Crippen LogP) is 3.31. The second kappa shape index (κ2) is 4.05. The van der Waals surface area contributed by atoms with Gasteiger partial charge in [0.05, 0.1) is 0 Å². The molecule has 0 N–H and O–H groups in total. The van der Waals surface area contributed by atoms with E-state index in [-0.39, 0.29) is 5.82 Å². The fourth-order valence-electron chi connectivity index (χ4n) is 1.55. The lowest BCUT2D eigenvalue weighted by Gasteiger charge is -2.05. The second-order valence-corrected chi connectivity index (χ2v) is 3.19. The smallest absolute Gasteiger partial charge is 0.150 e. The molecule has 2 aromatic rings. The number of carbonyl (C=O) groups is 1. The molecule has 2 heteroatoms. The molecule has 0 bridgehead atoms. The van der Waals surface area contributed by atoms with Crippen molar-refractivity contribution in [1.29, 1.82) is 0 Å². The van der Waals surface area contributed by atoms with Gasteiger partial charge >= 0.3 is 0 Å². The van der Waals surface area contributed by atoms with Crippen molar-refractivity contribution >= 4 is 6.29 Å². The van der Waals surface area contributed by atoms with E-state index in [9.17, 15) is 9.18 Å². The number of aldehydes is 1. The normalized spacial score (nSPS) is 9.93. The molecule has 0 saturated carbocycles. The molecule has 0 aliphatic carbocycles. The third-order valence-corrected chi connectivity index (χ3v) is 2.24. The number of rotatable bonds is 2. The first kappa shape index (κ1) is 9.59. The van der Waals surface area contributed by atoms with Crippen LogP contribution in [0.3, 0.4) is 0 Å². The maximum atomic E-state index is 13.6. The van der Waals surface area contributed by atoms with Crippen molar-refractivity contribution < 1.29 is 9.18 Å². The minimum absolute atomic E-state index is 0.369. The quantitative estimate of drug-likeness (QED) is 0.680. The molecule has 0 saturated heterocycles. The molecule has 2 rings (SSSR count). The molecule has 0 fully saturated rings. The van der Waals surface area contributed by atoms with E-state index in [1.807, 2.05) is 18.2 Å². The molecular weight excluding hydrogens is 191 g/mol. The van der Waals surface area contributed by atoms with Gasteiger partial charge in [-0.3, -0.25) is 4.79 Å². The fourth-order valence-corrected chi connectivity index (χ4v) is 1.55. The van der Waals surface area contributed by atoms with Crippen LogP contribution < -0.4 is 0 Å². The predicted molar refractivity (Wildman–Crippen MR) is 57.2 cm³/mol. The van der Waals surface area contributed by atoms with Crippen molar-refractivity contribution in [3.8, 4) is 11.1 Å². The van der Waals surface area contributed by atoms with E-state index in [1.165, 1.54) is 12.1 Å². The van der Waals surface area contributed by atoms with Crippen LogP contribution in [0.1, 0.15) is 10.4 Å². The summed E-state index contributed by atoms with van der Waals surface area (Å²) in [5.74, 6) is -0.370. The Morgan fingerprint density at radius 3 is 2.33 bits per heavy atom. The van der Waals surface area contributed by atoms with Gasteiger partial charge in [-0.2, -0.15) is 0 Å². The number of hydrogen-bond donors (Lipinski definition) is 0. The molecule has 0 aromatic heterocycles. The average molecular weight is 200 g/mol. The van der Waals surface area contributed by atoms with E-state index >= 15 is 0 Å². The van der Waals surface area contributed by atoms with Crippen molar-refractivity contribution in [3.05, 3.63) is 59.9 Å². The Labute approximate surface area is 87.2 Å². The molecule has 0 unspecified atom stereocenters. The van der Waals surface area contributed by atoms with Crippen LogP contribution in [0.2, 0.25) is 0 Å². The van der Waals surface area contributed by atoms with Crippen LogP contribution in [0.25, 0.3) is 11.1 Å². The van der Waals surface area contributed by atoms with E-state index in [2.05, 4.69) is 0 Å². The van der Waals surface area contributed by atoms with Gasteiger partial charge in [0, 0.05) is 11.1 Å². The Bertz CT molecular complexity index is 477. The van der Waals surface area contributed by atoms with Crippen LogP contribution in [0.5, 0.6) is 0 Å². The summed E-state index contributed by atoms with van der Waals surface area (Å²) < 4.78 is 13.6. The van der Waals surface area contributed by atoms with Gasteiger partial charge in [0.1, 0.15) is 5.82 Å². The number of carbonyl (C=O) groups excluding carboxylic acids is 1. The third-order valence-electron chi connectivity index (χ3n) is 2.24. The van der Waals surface area contributed by atoms with Crippen LogP contribution in [0.4, 0.5) is 4.39 Å². The summed E-state index contributed by atoms with van der Waals surface area (Å²) >= 11 is 0. The average Bonchev–Trinajstić information content (AvgIpc) is 2.29. The van der Waals surface area contributed by atoms with Gasteiger partial charge in [-0.1, -0.05) is 42.5 Å². The van der Waals surface area contributed by atoms with E-state index in [0.717, 1.165) is 5.56 Å². The lowest BCUT2D eigenvalue weighted by atomic mass is 10.00. The minimum Gasteiger partial charge on any atom is -0.298 e. The molecule has 15 heavy (non-hydrogen) atoms. The summed E-state index contributed by atoms with van der Waals surface area (Å²) in [5, 5.41) is 0. The fraction of sp³-hybridized carbons (Fsp3) is 0. The van der Waals surface area contributed by atoms with Crippen LogP contribution in [-0.2, 0) is 0 Å². The Morgan fingerprint density at radius 2 is 1.67 bits per heavy atom. The van der Waals surface area contributed by atoms with Gasteiger partial charge in [0.25, 0.3) is 0 Å². The largest absolute Gasteiger partial charge is 0.298 e. The second-order valence-electron chi connectivity index (χ2n) is 3.19. The molecular formula is C13H9FO. The van der Waals surface area contributed by atoms with E-state index in [1.54, 1.807) is 18.2 Å². The monoisotopic (exact) mass is 200 g/mol. The molecule has 0 atom stereocenters. The van der Waals surface area contributed by atoms with Gasteiger partial charge in [0.15, 0.2) is 6.29 Å². The van der Waals surface area contributed by atoms with Crippen LogP contribution >= 0.6 is 0 Å². The summed E-state index contributed by atoms with van der Waals surface area (Å²) in [5.41, 5.74) is 1.46. The van der Waals surface area contributed by atoms with Crippen molar-refractivity contribution in [1.82, 2.24) is 0 Å². The molecule has 2 aromatic carbocycles. The molecule has 0 spiro atoms. The molecule has 74 valence electrons. The molecule has 0 amide bonds. The summed E-state index contributed by atoms with van der Waals surface area (Å²) in [6, 6.07) is 13.5. The van der Waals surface area contributed by atoms with Crippen LogP contribution in [-0.4, -0.2) is 6.29 Å². The molecule has 0 aliphatic rings. The van der Waals surface area contributed by atoms with Crippen LogP contribution in [0.15, 0.2) is 48.5 Å². The van der Waals surface area contributed by atoms with Crippen molar-refractivity contribution in [2.45, 2.75) is 0 Å². The Hall–Kier alpha value is -1.96. The zero-order chi connectivity index (χ0) is 10.7. The number of benzene rings is 2. The number of halogens is 1. The van der Waals surface area contributed by atoms with Gasteiger partial charge in [-0.05, 0) is 11.6 Å². The SMILES string of the molecule is O=Cc1cccc(F)c1-c1ccccc1. The zero-order valence-corrected chi connectivity index (χ0v) is 7.98. The van der Waals surface area contributed by atoms with Crippen LogP contribution in [0, 0.1) is 5.82 Å². The zero-order valence-electron chi connectivity index (χ0n) is 7.98. The van der Waals surface area contributed by atoms with Gasteiger partial charge in [-0.25, -0.2) is 4.39 Å². The number of hydrogen-bond acceptors (Lipinski definition) is 1. The highest BCUT2D eigenvalue weighted by Gasteiger charge is 2.08. The molecule has 0 radical (unpaired) electrons. The highest BCUT2D eigenvalue weighted by atomic mass is 19.1. The summed E-state index contributed by atoms with van der Waals surface area (Å²) in [4.78, 5) is 10.8. The van der Waals surface area contributed by atoms with Crippen molar-refractivity contribution in [2.75, 3.05) is 0 Å². The standard InChI is InChI=1S/C13H9FO/c14-12-8-4-7-11(9-15)13(12)10-5-2-1-3-6-10/h1-9H. The van der Waals surface area contributed by atoms with Gasteiger partial charge in [0.2, 0.25) is 0 Å². The summed E-state index contributed by atoms with van der Waals surface area (Å²) in [7, 11) is 0. The lowest BCUT2D eigenvalue weighted by molar-refractivity contribution is 0.112. The maximum Gasteiger partial charge on any atom is 0.150 e. The first-order valence-corrected chi connectivity index (χ1v) is 4.62. The Balaban J connectivity index is 2.66. The third kappa shape index (κ3) is 1.79. The first-order valence-electron chi connectivity index (χ1n) is 4.62. The molecule has 0 aliphatic heterocycles. The minimum atomic E-state index is -0.370. The van der Waals surface area contributed by atoms with Gasteiger partial charge in [-0.15, -0.1) is 0 Å². The highest BCUT2D eigenvalue weighted by molar-refractivity contribution is 5.87. The lowest BCUT2D eigenvalue weighted by Crippen LogP contribution is -1.91. The van der Waals surface area contributed by atoms with E-state index < -0.39 is 0 Å². The van der Waals surface area contributed by atoms with Crippen molar-refractivity contribution in [2.24, 2.45) is 0 Å². The van der Waals surface area contributed by atoms with Gasteiger partial charge < -0.3 is 0 Å². The Morgan fingerprint density at radius 1 is 0.933 bits per heavy atom. The molecule has 1 nitrogen and oxygen atoms in total. The Kier molecular flexibility index (Phi) is 2.59. The van der Waals surface area contributed by atoms with E-state index in [0.29, 0.717) is 17.4 Å². The van der Waals surface area contributed by atoms with E-state index in [4.69, 9.17) is 0 Å². The molecule has 0 heterocycles. The first-order chi connectivity index (χ1) is 7.33. The maximum absolute atomic E-state index is 13.6. The topological polar surface area (TPSA) is 17.1 Å². The van der Waals surface area contributed by atoms with Crippen molar-refractivity contribution in [3.63, 3.8) is 0 Å². The summed E-state index contributed by atoms with van der Waals surface area (Å²) in [6.07, 6.45) is 0.672. The highest BCUT2D eigenvalue weighted by Crippen LogP contribution is 2.25.